The molecule has 0 fully saturated rings. The van der Waals surface area contributed by atoms with Gasteiger partial charge in [0.25, 0.3) is 5.91 Å². The van der Waals surface area contributed by atoms with E-state index in [0.717, 1.165) is 16.8 Å². The zero-order chi connectivity index (χ0) is 15.1. The summed E-state index contributed by atoms with van der Waals surface area (Å²) in [6.07, 6.45) is 0. The van der Waals surface area contributed by atoms with Crippen LogP contribution >= 0.6 is 0 Å². The maximum Gasteiger partial charge on any atom is 0.417 e. The minimum absolute atomic E-state index is 0.0441. The van der Waals surface area contributed by atoms with Gasteiger partial charge in [0, 0.05) is 29.9 Å². The summed E-state index contributed by atoms with van der Waals surface area (Å²) < 4.78 is 5.16. The number of aromatic nitrogens is 1. The molecule has 0 saturated heterocycles. The normalized spacial score (nSPS) is 13.2. The van der Waals surface area contributed by atoms with Gasteiger partial charge in [0.1, 0.15) is 0 Å². The number of hydrogen-bond acceptors (Lipinski definition) is 4. The van der Waals surface area contributed by atoms with E-state index in [1.54, 1.807) is 6.07 Å². The van der Waals surface area contributed by atoms with Crippen LogP contribution in [0.25, 0.3) is 11.1 Å². The number of H-pyrrole nitrogens is 1. The van der Waals surface area contributed by atoms with E-state index < -0.39 is 5.76 Å². The highest BCUT2D eigenvalue weighted by Crippen LogP contribution is 2.22. The van der Waals surface area contributed by atoms with E-state index in [2.05, 4.69) is 15.6 Å². The van der Waals surface area contributed by atoms with Crippen LogP contribution in [0.4, 0.5) is 5.69 Å². The molecular weight excluding hydrogens is 282 g/mol. The van der Waals surface area contributed by atoms with Crippen molar-refractivity contribution in [3.05, 3.63) is 63.6 Å². The Morgan fingerprint density at radius 2 is 2.09 bits per heavy atom. The first-order valence-electron chi connectivity index (χ1n) is 6.96. The monoisotopic (exact) mass is 295 g/mol. The fourth-order valence-electron chi connectivity index (χ4n) is 2.69. The zero-order valence-electron chi connectivity index (χ0n) is 11.6. The number of nitrogens with one attached hydrogen (secondary N) is 3. The average molecular weight is 295 g/mol. The molecule has 2 heterocycles. The van der Waals surface area contributed by atoms with Gasteiger partial charge in [-0.05, 0) is 23.8 Å². The third kappa shape index (κ3) is 2.05. The lowest BCUT2D eigenvalue weighted by molar-refractivity contribution is 0.0966. The van der Waals surface area contributed by atoms with Gasteiger partial charge in [-0.25, -0.2) is 4.79 Å². The molecule has 1 aromatic heterocycles. The highest BCUT2D eigenvalue weighted by atomic mass is 16.4. The van der Waals surface area contributed by atoms with Crippen molar-refractivity contribution >= 4 is 22.7 Å². The summed E-state index contributed by atoms with van der Waals surface area (Å²) in [5, 5.41) is 6.05. The summed E-state index contributed by atoms with van der Waals surface area (Å²) in [6, 6.07) is 11.3. The van der Waals surface area contributed by atoms with Gasteiger partial charge in [-0.1, -0.05) is 18.2 Å². The number of fused-ring (bicyclic) bond motifs is 2. The molecule has 1 amide bonds. The highest BCUT2D eigenvalue weighted by molar-refractivity contribution is 5.99. The molecule has 6 nitrogen and oxygen atoms in total. The summed E-state index contributed by atoms with van der Waals surface area (Å²) in [5.41, 5.74) is 4.67. The summed E-state index contributed by atoms with van der Waals surface area (Å²) >= 11 is 0. The predicted octanol–water partition coefficient (Wildman–Crippen LogP) is 1.98. The van der Waals surface area contributed by atoms with E-state index in [0.29, 0.717) is 29.8 Å². The Morgan fingerprint density at radius 3 is 3.00 bits per heavy atom. The van der Waals surface area contributed by atoms with E-state index >= 15 is 0 Å². The molecule has 6 heteroatoms. The number of benzene rings is 2. The van der Waals surface area contributed by atoms with E-state index in [1.165, 1.54) is 0 Å². The average Bonchev–Trinajstić information content (AvgIpc) is 3.08. The van der Waals surface area contributed by atoms with Gasteiger partial charge < -0.3 is 15.1 Å². The highest BCUT2D eigenvalue weighted by Gasteiger charge is 2.18. The number of hydrogen-bond donors (Lipinski definition) is 3. The van der Waals surface area contributed by atoms with Crippen LogP contribution in [0.2, 0.25) is 0 Å². The number of para-hydroxylation sites is 1. The van der Waals surface area contributed by atoms with Crippen molar-refractivity contribution in [3.8, 4) is 0 Å². The molecule has 110 valence electrons. The Kier molecular flexibility index (Phi) is 2.75. The second-order valence-corrected chi connectivity index (χ2v) is 5.22. The molecule has 3 N–H and O–H groups in total. The standard InChI is InChI=1S/C16H13N3O3/c20-15-12-6-11(5-4-9(12)7-18-15)17-8-10-2-1-3-13-14(10)22-16(21)19-13/h1-6,17H,7-8H2,(H,18,20)(H,19,21). The number of amides is 1. The fraction of sp³-hybridized carbons (Fsp3) is 0.125. The molecule has 0 unspecified atom stereocenters. The first-order valence-corrected chi connectivity index (χ1v) is 6.96. The number of anilines is 1. The van der Waals surface area contributed by atoms with Gasteiger partial charge in [0.2, 0.25) is 0 Å². The minimum Gasteiger partial charge on any atom is -0.407 e. The third-order valence-corrected chi connectivity index (χ3v) is 3.80. The molecule has 0 saturated carbocycles. The molecule has 3 aromatic rings. The van der Waals surface area contributed by atoms with Gasteiger partial charge in [-0.15, -0.1) is 0 Å². The van der Waals surface area contributed by atoms with E-state index in [4.69, 9.17) is 4.42 Å². The molecule has 1 aliphatic heterocycles. The quantitative estimate of drug-likeness (QED) is 0.689. The topological polar surface area (TPSA) is 87.1 Å². The van der Waals surface area contributed by atoms with Crippen molar-refractivity contribution in [1.29, 1.82) is 0 Å². The number of aromatic amines is 1. The first kappa shape index (κ1) is 12.7. The van der Waals surface area contributed by atoms with Crippen LogP contribution in [0.3, 0.4) is 0 Å². The SMILES string of the molecule is O=C1NCc2ccc(NCc3cccc4[nH]c(=O)oc34)cc21. The lowest BCUT2D eigenvalue weighted by Crippen LogP contribution is -2.12. The lowest BCUT2D eigenvalue weighted by atomic mass is 10.1. The summed E-state index contributed by atoms with van der Waals surface area (Å²) in [5.74, 6) is -0.506. The summed E-state index contributed by atoms with van der Waals surface area (Å²) in [4.78, 5) is 25.6. The molecule has 0 aliphatic carbocycles. The van der Waals surface area contributed by atoms with Crippen molar-refractivity contribution in [1.82, 2.24) is 10.3 Å². The smallest absolute Gasteiger partial charge is 0.407 e. The second kappa shape index (κ2) is 4.77. The summed E-state index contributed by atoms with van der Waals surface area (Å²) in [6.45, 7) is 1.08. The third-order valence-electron chi connectivity index (χ3n) is 3.80. The van der Waals surface area contributed by atoms with Crippen molar-refractivity contribution < 1.29 is 9.21 Å². The maximum atomic E-state index is 11.7. The van der Waals surface area contributed by atoms with Crippen LogP contribution in [-0.4, -0.2) is 10.9 Å². The summed E-state index contributed by atoms with van der Waals surface area (Å²) in [7, 11) is 0. The molecule has 2 aromatic carbocycles. The van der Waals surface area contributed by atoms with Crippen LogP contribution in [0.5, 0.6) is 0 Å². The Morgan fingerprint density at radius 1 is 1.18 bits per heavy atom. The minimum atomic E-state index is -0.461. The van der Waals surface area contributed by atoms with Gasteiger partial charge in [0.15, 0.2) is 5.58 Å². The molecule has 22 heavy (non-hydrogen) atoms. The number of oxazole rings is 1. The van der Waals surface area contributed by atoms with Crippen molar-refractivity contribution in [3.63, 3.8) is 0 Å². The number of carbonyl (C=O) groups excluding carboxylic acids is 1. The van der Waals surface area contributed by atoms with Crippen LogP contribution in [0, 0.1) is 0 Å². The Labute approximate surface area is 125 Å². The molecule has 1 aliphatic rings. The van der Waals surface area contributed by atoms with Crippen molar-refractivity contribution in [2.24, 2.45) is 0 Å². The van der Waals surface area contributed by atoms with Gasteiger partial charge in [-0.2, -0.15) is 0 Å². The zero-order valence-corrected chi connectivity index (χ0v) is 11.6. The Balaban J connectivity index is 1.61. The largest absolute Gasteiger partial charge is 0.417 e. The number of rotatable bonds is 3. The van der Waals surface area contributed by atoms with Crippen LogP contribution in [0.15, 0.2) is 45.6 Å². The van der Waals surface area contributed by atoms with Crippen LogP contribution in [0.1, 0.15) is 21.5 Å². The van der Waals surface area contributed by atoms with Gasteiger partial charge in [0.05, 0.1) is 5.52 Å². The van der Waals surface area contributed by atoms with Crippen LogP contribution < -0.4 is 16.4 Å². The second-order valence-electron chi connectivity index (χ2n) is 5.22. The molecule has 0 spiro atoms. The molecular formula is C16H13N3O3. The van der Waals surface area contributed by atoms with Gasteiger partial charge >= 0.3 is 5.76 Å². The Bertz CT molecular complexity index is 939. The first-order chi connectivity index (χ1) is 10.7. The van der Waals surface area contributed by atoms with E-state index in [9.17, 15) is 9.59 Å². The van der Waals surface area contributed by atoms with E-state index in [-0.39, 0.29) is 5.91 Å². The van der Waals surface area contributed by atoms with Crippen molar-refractivity contribution in [2.45, 2.75) is 13.1 Å². The Hall–Kier alpha value is -3.02. The van der Waals surface area contributed by atoms with Crippen molar-refractivity contribution in [2.75, 3.05) is 5.32 Å². The predicted molar refractivity (Wildman–Crippen MR) is 81.8 cm³/mol. The lowest BCUT2D eigenvalue weighted by Gasteiger charge is -2.08. The molecule has 0 atom stereocenters. The van der Waals surface area contributed by atoms with Gasteiger partial charge in [-0.3, -0.25) is 9.78 Å². The molecule has 4 rings (SSSR count). The molecule has 0 bridgehead atoms. The van der Waals surface area contributed by atoms with E-state index in [1.807, 2.05) is 30.3 Å². The number of carbonyl (C=O) groups is 1. The van der Waals surface area contributed by atoms with Crippen LogP contribution in [-0.2, 0) is 13.1 Å². The molecule has 0 radical (unpaired) electrons. The fourth-order valence-corrected chi connectivity index (χ4v) is 2.69. The maximum absolute atomic E-state index is 11.7.